The van der Waals surface area contributed by atoms with E-state index in [9.17, 15) is 9.18 Å². The molecule has 0 aliphatic carbocycles. The van der Waals surface area contributed by atoms with Crippen LogP contribution >= 0.6 is 11.3 Å². The van der Waals surface area contributed by atoms with E-state index in [4.69, 9.17) is 5.26 Å². The Kier molecular flexibility index (Phi) is 4.05. The van der Waals surface area contributed by atoms with E-state index in [0.29, 0.717) is 10.8 Å². The molecule has 0 unspecified atom stereocenters. The molecule has 0 aliphatic rings. The number of nitrogens with one attached hydrogen (secondary N) is 1. The summed E-state index contributed by atoms with van der Waals surface area (Å²) in [5, 5.41) is 12.0. The zero-order valence-electron chi connectivity index (χ0n) is 11.9. The Morgan fingerprint density at radius 1 is 1.38 bits per heavy atom. The number of aryl methyl sites for hydroxylation is 1. The van der Waals surface area contributed by atoms with Gasteiger partial charge in [0.05, 0.1) is 11.8 Å². The number of hydrogen-bond acceptors (Lipinski definition) is 4. The van der Waals surface area contributed by atoms with Crippen LogP contribution in [0, 0.1) is 29.5 Å². The van der Waals surface area contributed by atoms with Crippen molar-refractivity contribution in [3.63, 3.8) is 0 Å². The van der Waals surface area contributed by atoms with Gasteiger partial charge in [-0.2, -0.15) is 5.26 Å². The largest absolute Gasteiger partial charge is 0.301 e. The molecule has 1 heterocycles. The zero-order valence-corrected chi connectivity index (χ0v) is 12.7. The van der Waals surface area contributed by atoms with Crippen LogP contribution < -0.4 is 5.32 Å². The van der Waals surface area contributed by atoms with Crippen LogP contribution in [0.4, 0.5) is 9.52 Å². The Labute approximate surface area is 126 Å². The summed E-state index contributed by atoms with van der Waals surface area (Å²) in [7, 11) is 0. The Bertz CT molecular complexity index is 714. The van der Waals surface area contributed by atoms with Gasteiger partial charge in [-0.1, -0.05) is 0 Å². The highest BCUT2D eigenvalue weighted by Crippen LogP contribution is 2.31. The first-order valence-corrected chi connectivity index (χ1v) is 7.11. The first-order valence-electron chi connectivity index (χ1n) is 6.29. The lowest BCUT2D eigenvalue weighted by Gasteiger charge is -2.12. The second-order valence-electron chi connectivity index (χ2n) is 5.12. The molecule has 4 nitrogen and oxygen atoms in total. The lowest BCUT2D eigenvalue weighted by atomic mass is 9.95. The molecule has 0 saturated carbocycles. The molecule has 21 heavy (non-hydrogen) atoms. The van der Waals surface area contributed by atoms with Gasteiger partial charge >= 0.3 is 0 Å². The van der Waals surface area contributed by atoms with Gasteiger partial charge in [0.1, 0.15) is 11.2 Å². The number of benzene rings is 1. The molecule has 2 aromatic rings. The van der Waals surface area contributed by atoms with E-state index in [0.717, 1.165) is 10.4 Å². The molecule has 1 aromatic carbocycles. The summed E-state index contributed by atoms with van der Waals surface area (Å²) in [4.78, 5) is 17.2. The Balaban J connectivity index is 2.26. The van der Waals surface area contributed by atoms with Gasteiger partial charge in [-0.3, -0.25) is 4.79 Å². The molecule has 0 radical (unpaired) electrons. The summed E-state index contributed by atoms with van der Waals surface area (Å²) in [6.45, 7) is 4.97. The highest BCUT2D eigenvalue weighted by atomic mass is 32.1. The van der Waals surface area contributed by atoms with Crippen LogP contribution in [-0.2, 0) is 4.79 Å². The molecule has 0 bridgehead atoms. The number of nitrogens with zero attached hydrogens (tertiary/aromatic N) is 2. The van der Waals surface area contributed by atoms with Crippen LogP contribution in [0.15, 0.2) is 24.3 Å². The van der Waals surface area contributed by atoms with Crippen LogP contribution in [0.1, 0.15) is 18.7 Å². The minimum atomic E-state index is -1.12. The van der Waals surface area contributed by atoms with E-state index < -0.39 is 11.3 Å². The fourth-order valence-electron chi connectivity index (χ4n) is 1.63. The third-order valence-corrected chi connectivity index (χ3v) is 3.87. The summed E-state index contributed by atoms with van der Waals surface area (Å²) in [5.74, 6) is -0.708. The van der Waals surface area contributed by atoms with Crippen molar-refractivity contribution >= 4 is 22.4 Å². The van der Waals surface area contributed by atoms with Gasteiger partial charge in [0, 0.05) is 10.4 Å². The summed E-state index contributed by atoms with van der Waals surface area (Å²) < 4.78 is 12.9. The molecule has 108 valence electrons. The van der Waals surface area contributed by atoms with Gasteiger partial charge in [0.15, 0.2) is 5.13 Å². The van der Waals surface area contributed by atoms with Crippen molar-refractivity contribution in [3.05, 3.63) is 35.0 Å². The lowest BCUT2D eigenvalue weighted by molar-refractivity contribution is -0.121. The first-order chi connectivity index (χ1) is 9.83. The molecule has 1 N–H and O–H groups in total. The first kappa shape index (κ1) is 15.1. The monoisotopic (exact) mass is 303 g/mol. The molecule has 6 heteroatoms. The van der Waals surface area contributed by atoms with Gasteiger partial charge in [-0.05, 0) is 45.0 Å². The SMILES string of the molecule is Cc1sc(NC(=O)C(C)(C)C#N)nc1-c1ccc(F)cc1. The fraction of sp³-hybridized carbons (Fsp3) is 0.267. The van der Waals surface area contributed by atoms with E-state index in [1.807, 2.05) is 13.0 Å². The van der Waals surface area contributed by atoms with Gasteiger partial charge in [0.25, 0.3) is 0 Å². The maximum Gasteiger partial charge on any atom is 0.246 e. The van der Waals surface area contributed by atoms with Crippen LogP contribution in [0.3, 0.4) is 0 Å². The highest BCUT2D eigenvalue weighted by Gasteiger charge is 2.28. The zero-order chi connectivity index (χ0) is 15.6. The van der Waals surface area contributed by atoms with Crippen LogP contribution in [-0.4, -0.2) is 10.9 Å². The smallest absolute Gasteiger partial charge is 0.246 e. The van der Waals surface area contributed by atoms with E-state index >= 15 is 0 Å². The molecule has 0 atom stereocenters. The Hall–Kier alpha value is -2.26. The highest BCUT2D eigenvalue weighted by molar-refractivity contribution is 7.16. The molecule has 1 aromatic heterocycles. The number of rotatable bonds is 3. The van der Waals surface area contributed by atoms with Gasteiger partial charge in [0.2, 0.25) is 5.91 Å². The molecular formula is C15H14FN3OS. The quantitative estimate of drug-likeness (QED) is 0.939. The van der Waals surface area contributed by atoms with Crippen molar-refractivity contribution < 1.29 is 9.18 Å². The average Bonchev–Trinajstić information content (AvgIpc) is 2.80. The minimum absolute atomic E-state index is 0.309. The topological polar surface area (TPSA) is 65.8 Å². The lowest BCUT2D eigenvalue weighted by Crippen LogP contribution is -2.29. The third-order valence-electron chi connectivity index (χ3n) is 2.98. The molecule has 0 aliphatic heterocycles. The third kappa shape index (κ3) is 3.26. The molecule has 0 fully saturated rings. The fourth-order valence-corrected chi connectivity index (χ4v) is 2.46. The number of halogens is 1. The number of thiazole rings is 1. The maximum absolute atomic E-state index is 12.9. The number of carbonyl (C=O) groups excluding carboxylic acids is 1. The average molecular weight is 303 g/mol. The van der Waals surface area contributed by atoms with E-state index in [1.54, 1.807) is 26.0 Å². The molecule has 2 rings (SSSR count). The molecule has 0 spiro atoms. The Morgan fingerprint density at radius 3 is 2.57 bits per heavy atom. The summed E-state index contributed by atoms with van der Waals surface area (Å²) in [5.41, 5.74) is 0.366. The second kappa shape index (κ2) is 5.62. The number of nitriles is 1. The maximum atomic E-state index is 12.9. The number of amides is 1. The van der Waals surface area contributed by atoms with E-state index in [1.165, 1.54) is 23.5 Å². The van der Waals surface area contributed by atoms with Crippen LogP contribution in [0.25, 0.3) is 11.3 Å². The van der Waals surface area contributed by atoms with Crippen LogP contribution in [0.2, 0.25) is 0 Å². The van der Waals surface area contributed by atoms with Gasteiger partial charge in [-0.15, -0.1) is 11.3 Å². The van der Waals surface area contributed by atoms with Crippen molar-refractivity contribution in [2.24, 2.45) is 5.41 Å². The summed E-state index contributed by atoms with van der Waals surface area (Å²) >= 11 is 1.32. The standard InChI is InChI=1S/C15H14FN3OS/c1-9-12(10-4-6-11(16)7-5-10)18-14(21-9)19-13(20)15(2,3)8-17/h4-7H,1-3H3,(H,18,19,20). The molecule has 0 saturated heterocycles. The van der Waals surface area contributed by atoms with Crippen molar-refractivity contribution in [2.45, 2.75) is 20.8 Å². The number of carbonyl (C=O) groups is 1. The van der Waals surface area contributed by atoms with E-state index in [2.05, 4.69) is 10.3 Å². The van der Waals surface area contributed by atoms with Crippen molar-refractivity contribution in [1.82, 2.24) is 4.98 Å². The summed E-state index contributed by atoms with van der Waals surface area (Å²) in [6.07, 6.45) is 0. The van der Waals surface area contributed by atoms with Gasteiger partial charge in [-0.25, -0.2) is 9.37 Å². The van der Waals surface area contributed by atoms with Crippen LogP contribution in [0.5, 0.6) is 0 Å². The predicted octanol–water partition coefficient (Wildman–Crippen LogP) is 3.75. The van der Waals surface area contributed by atoms with Crippen molar-refractivity contribution in [3.8, 4) is 17.3 Å². The number of anilines is 1. The minimum Gasteiger partial charge on any atom is -0.301 e. The van der Waals surface area contributed by atoms with Crippen molar-refractivity contribution in [2.75, 3.05) is 5.32 Å². The Morgan fingerprint density at radius 2 is 2.00 bits per heavy atom. The number of hydrogen-bond donors (Lipinski definition) is 1. The van der Waals surface area contributed by atoms with Gasteiger partial charge < -0.3 is 5.32 Å². The second-order valence-corrected chi connectivity index (χ2v) is 6.32. The summed E-state index contributed by atoms with van der Waals surface area (Å²) in [6, 6.07) is 7.96. The normalized spacial score (nSPS) is 11.0. The van der Waals surface area contributed by atoms with Crippen molar-refractivity contribution in [1.29, 1.82) is 5.26 Å². The van der Waals surface area contributed by atoms with E-state index in [-0.39, 0.29) is 5.82 Å². The molecule has 1 amide bonds. The predicted molar refractivity (Wildman–Crippen MR) is 80.3 cm³/mol. The number of aromatic nitrogens is 1. The molecular weight excluding hydrogens is 289 g/mol.